The van der Waals surface area contributed by atoms with Gasteiger partial charge in [-0.05, 0) is 38.6 Å². The number of hydrogen-bond acceptors (Lipinski definition) is 2. The van der Waals surface area contributed by atoms with Crippen molar-refractivity contribution in [2.75, 3.05) is 19.6 Å². The molecule has 1 spiro atoms. The smallest absolute Gasteiger partial charge is 0.0210 e. The highest BCUT2D eigenvalue weighted by atomic mass is 15.2. The summed E-state index contributed by atoms with van der Waals surface area (Å²) < 4.78 is 0. The average Bonchev–Trinajstić information content (AvgIpc) is 2.31. The van der Waals surface area contributed by atoms with Crippen LogP contribution in [0.25, 0.3) is 0 Å². The lowest BCUT2D eigenvalue weighted by molar-refractivity contribution is 0.0589. The first kappa shape index (κ1) is 7.56. The molecule has 0 unspecified atom stereocenters. The van der Waals surface area contributed by atoms with Gasteiger partial charge in [-0.15, -0.1) is 0 Å². The molecule has 2 fully saturated rings. The Bertz CT molecular complexity index is 140. The molecule has 1 saturated heterocycles. The first-order valence-corrected chi connectivity index (χ1v) is 4.82. The van der Waals surface area contributed by atoms with Crippen LogP contribution in [0.5, 0.6) is 0 Å². The van der Waals surface area contributed by atoms with Crippen molar-refractivity contribution in [2.24, 2.45) is 5.73 Å². The molecule has 0 radical (unpaired) electrons. The molecular weight excluding hydrogens is 136 g/mol. The van der Waals surface area contributed by atoms with Crippen LogP contribution in [-0.2, 0) is 0 Å². The summed E-state index contributed by atoms with van der Waals surface area (Å²) in [5, 5.41) is 0. The Morgan fingerprint density at radius 3 is 2.45 bits per heavy atom. The van der Waals surface area contributed by atoms with E-state index in [0.717, 1.165) is 13.1 Å². The summed E-state index contributed by atoms with van der Waals surface area (Å²) in [6.07, 6.45) is 7.16. The van der Waals surface area contributed by atoms with Crippen molar-refractivity contribution in [2.45, 2.75) is 37.6 Å². The average molecular weight is 154 g/mol. The number of rotatable bonds is 2. The third-order valence-electron chi connectivity index (χ3n) is 3.42. The topological polar surface area (TPSA) is 29.3 Å². The molecule has 0 atom stereocenters. The lowest BCUT2D eigenvalue weighted by Gasteiger charge is -2.46. The molecule has 2 heteroatoms. The van der Waals surface area contributed by atoms with E-state index in [0.29, 0.717) is 5.54 Å². The van der Waals surface area contributed by atoms with Gasteiger partial charge >= 0.3 is 0 Å². The summed E-state index contributed by atoms with van der Waals surface area (Å²) >= 11 is 0. The molecule has 2 aliphatic rings. The minimum atomic E-state index is 0.638. The second kappa shape index (κ2) is 2.76. The van der Waals surface area contributed by atoms with E-state index in [9.17, 15) is 0 Å². The summed E-state index contributed by atoms with van der Waals surface area (Å²) in [4.78, 5) is 2.62. The zero-order valence-corrected chi connectivity index (χ0v) is 7.18. The van der Waals surface area contributed by atoms with Crippen molar-refractivity contribution in [3.05, 3.63) is 0 Å². The van der Waals surface area contributed by atoms with Gasteiger partial charge in [0.25, 0.3) is 0 Å². The monoisotopic (exact) mass is 154 g/mol. The maximum Gasteiger partial charge on any atom is 0.0210 e. The van der Waals surface area contributed by atoms with E-state index in [1.165, 1.54) is 38.6 Å². The second-order valence-corrected chi connectivity index (χ2v) is 3.96. The highest BCUT2D eigenvalue weighted by molar-refractivity contribution is 5.01. The van der Waals surface area contributed by atoms with Gasteiger partial charge in [-0.2, -0.15) is 0 Å². The fraction of sp³-hybridized carbons (Fsp3) is 1.00. The van der Waals surface area contributed by atoms with Gasteiger partial charge < -0.3 is 5.73 Å². The maximum atomic E-state index is 5.57. The van der Waals surface area contributed by atoms with Crippen LogP contribution in [-0.4, -0.2) is 30.1 Å². The van der Waals surface area contributed by atoms with Crippen LogP contribution in [0, 0.1) is 0 Å². The zero-order valence-electron chi connectivity index (χ0n) is 7.18. The van der Waals surface area contributed by atoms with Gasteiger partial charge in [-0.3, -0.25) is 4.90 Å². The van der Waals surface area contributed by atoms with E-state index in [1.807, 2.05) is 0 Å². The summed E-state index contributed by atoms with van der Waals surface area (Å²) in [7, 11) is 0. The Labute approximate surface area is 68.7 Å². The van der Waals surface area contributed by atoms with E-state index >= 15 is 0 Å². The Morgan fingerprint density at radius 1 is 1.18 bits per heavy atom. The molecule has 2 nitrogen and oxygen atoms in total. The number of likely N-dealkylation sites (tertiary alicyclic amines) is 1. The van der Waals surface area contributed by atoms with Crippen LogP contribution in [0.4, 0.5) is 0 Å². The van der Waals surface area contributed by atoms with Crippen molar-refractivity contribution in [1.29, 1.82) is 0 Å². The molecule has 2 N–H and O–H groups in total. The Balaban J connectivity index is 1.96. The van der Waals surface area contributed by atoms with Crippen LogP contribution in [0.1, 0.15) is 32.1 Å². The van der Waals surface area contributed by atoms with Gasteiger partial charge in [0.1, 0.15) is 0 Å². The van der Waals surface area contributed by atoms with E-state index in [1.54, 1.807) is 0 Å². The fourth-order valence-corrected chi connectivity index (χ4v) is 2.65. The number of hydrogen-bond donors (Lipinski definition) is 1. The van der Waals surface area contributed by atoms with Gasteiger partial charge in [0.15, 0.2) is 0 Å². The molecule has 0 bridgehead atoms. The number of nitrogens with zero attached hydrogens (tertiary/aromatic N) is 1. The van der Waals surface area contributed by atoms with Crippen molar-refractivity contribution in [1.82, 2.24) is 4.90 Å². The van der Waals surface area contributed by atoms with E-state index in [2.05, 4.69) is 4.90 Å². The maximum absolute atomic E-state index is 5.57. The minimum Gasteiger partial charge on any atom is -0.329 e. The standard InChI is InChI=1S/C9H18N2/c10-6-8-11-7-2-5-9(11)3-1-4-9/h1-8,10H2. The van der Waals surface area contributed by atoms with Crippen LogP contribution >= 0.6 is 0 Å². The van der Waals surface area contributed by atoms with Gasteiger partial charge in [-0.25, -0.2) is 0 Å². The molecule has 0 aromatic rings. The van der Waals surface area contributed by atoms with Gasteiger partial charge in [0, 0.05) is 18.6 Å². The molecule has 11 heavy (non-hydrogen) atoms. The molecule has 0 aromatic carbocycles. The number of nitrogens with two attached hydrogens (primary N) is 1. The molecule has 1 heterocycles. The molecule has 64 valence electrons. The van der Waals surface area contributed by atoms with Crippen LogP contribution < -0.4 is 5.73 Å². The van der Waals surface area contributed by atoms with Crippen LogP contribution in [0.3, 0.4) is 0 Å². The molecule has 1 aliphatic heterocycles. The van der Waals surface area contributed by atoms with Crippen LogP contribution in [0.2, 0.25) is 0 Å². The van der Waals surface area contributed by atoms with Gasteiger partial charge in [0.2, 0.25) is 0 Å². The summed E-state index contributed by atoms with van der Waals surface area (Å²) in [5.41, 5.74) is 6.20. The molecular formula is C9H18N2. The van der Waals surface area contributed by atoms with Crippen molar-refractivity contribution in [3.63, 3.8) is 0 Å². The van der Waals surface area contributed by atoms with Crippen molar-refractivity contribution >= 4 is 0 Å². The third-order valence-corrected chi connectivity index (χ3v) is 3.42. The predicted molar refractivity (Wildman–Crippen MR) is 46.4 cm³/mol. The molecule has 0 aromatic heterocycles. The van der Waals surface area contributed by atoms with E-state index < -0.39 is 0 Å². The Hall–Kier alpha value is -0.0800. The van der Waals surface area contributed by atoms with Crippen molar-refractivity contribution < 1.29 is 0 Å². The largest absolute Gasteiger partial charge is 0.329 e. The molecule has 2 rings (SSSR count). The first-order valence-electron chi connectivity index (χ1n) is 4.82. The quantitative estimate of drug-likeness (QED) is 0.642. The molecule has 0 amide bonds. The van der Waals surface area contributed by atoms with E-state index in [-0.39, 0.29) is 0 Å². The lowest BCUT2D eigenvalue weighted by Crippen LogP contribution is -2.50. The minimum absolute atomic E-state index is 0.638. The van der Waals surface area contributed by atoms with Gasteiger partial charge in [-0.1, -0.05) is 0 Å². The van der Waals surface area contributed by atoms with E-state index in [4.69, 9.17) is 5.73 Å². The first-order chi connectivity index (χ1) is 5.37. The predicted octanol–water partition coefficient (Wildman–Crippen LogP) is 0.964. The highest BCUT2D eigenvalue weighted by Gasteiger charge is 2.44. The second-order valence-electron chi connectivity index (χ2n) is 3.96. The van der Waals surface area contributed by atoms with Crippen molar-refractivity contribution in [3.8, 4) is 0 Å². The Morgan fingerprint density at radius 2 is 1.91 bits per heavy atom. The van der Waals surface area contributed by atoms with Crippen LogP contribution in [0.15, 0.2) is 0 Å². The fourth-order valence-electron chi connectivity index (χ4n) is 2.65. The summed E-state index contributed by atoms with van der Waals surface area (Å²) in [6.45, 7) is 3.26. The Kier molecular flexibility index (Phi) is 1.90. The lowest BCUT2D eigenvalue weighted by atomic mass is 9.75. The molecule has 1 aliphatic carbocycles. The highest BCUT2D eigenvalue weighted by Crippen LogP contribution is 2.44. The summed E-state index contributed by atoms with van der Waals surface area (Å²) in [6, 6.07) is 0. The normalized spacial score (nSPS) is 29.2. The van der Waals surface area contributed by atoms with Gasteiger partial charge in [0.05, 0.1) is 0 Å². The summed E-state index contributed by atoms with van der Waals surface area (Å²) in [5.74, 6) is 0. The SMILES string of the molecule is NCCN1CCCC12CCC2. The zero-order chi connectivity index (χ0) is 7.73. The molecule has 1 saturated carbocycles. The third kappa shape index (κ3) is 1.09.